The second-order valence-corrected chi connectivity index (χ2v) is 5.71. The normalized spacial score (nSPS) is 12.6. The molecule has 0 aliphatic carbocycles. The van der Waals surface area contributed by atoms with E-state index < -0.39 is 0 Å². The fourth-order valence-corrected chi connectivity index (χ4v) is 2.73. The molecule has 0 fully saturated rings. The van der Waals surface area contributed by atoms with Crippen molar-refractivity contribution in [1.29, 1.82) is 0 Å². The molecule has 1 N–H and O–H groups in total. The van der Waals surface area contributed by atoms with E-state index in [4.69, 9.17) is 9.47 Å². The van der Waals surface area contributed by atoms with Gasteiger partial charge in [-0.1, -0.05) is 55.5 Å². The van der Waals surface area contributed by atoms with Crippen molar-refractivity contribution in [3.05, 3.63) is 48.5 Å². The SMILES string of the molecule is CCC(C)OCCOc1c2ccccc2c(O)c2ccccc12. The zero-order chi connectivity index (χ0) is 16.2. The van der Waals surface area contributed by atoms with Crippen molar-refractivity contribution < 1.29 is 14.6 Å². The van der Waals surface area contributed by atoms with Crippen molar-refractivity contribution in [1.82, 2.24) is 0 Å². The van der Waals surface area contributed by atoms with Crippen LogP contribution in [0.15, 0.2) is 48.5 Å². The minimum absolute atomic E-state index is 0.243. The number of benzene rings is 3. The van der Waals surface area contributed by atoms with Gasteiger partial charge in [-0.25, -0.2) is 0 Å². The summed E-state index contributed by atoms with van der Waals surface area (Å²) in [5.41, 5.74) is 0. The molecule has 3 aromatic rings. The predicted molar refractivity (Wildman–Crippen MR) is 94.3 cm³/mol. The van der Waals surface area contributed by atoms with Gasteiger partial charge in [0, 0.05) is 21.5 Å². The van der Waals surface area contributed by atoms with Crippen LogP contribution in [0, 0.1) is 0 Å². The second kappa shape index (κ2) is 6.88. The van der Waals surface area contributed by atoms with E-state index in [1.807, 2.05) is 48.5 Å². The molecule has 0 radical (unpaired) electrons. The first kappa shape index (κ1) is 15.6. The first-order valence-corrected chi connectivity index (χ1v) is 8.09. The fourth-order valence-electron chi connectivity index (χ4n) is 2.73. The van der Waals surface area contributed by atoms with E-state index in [0.717, 1.165) is 33.7 Å². The molecule has 0 aromatic heterocycles. The van der Waals surface area contributed by atoms with E-state index >= 15 is 0 Å². The van der Waals surface area contributed by atoms with Crippen molar-refractivity contribution in [3.8, 4) is 11.5 Å². The molecule has 3 heteroatoms. The average molecular weight is 310 g/mol. The molecule has 1 unspecified atom stereocenters. The van der Waals surface area contributed by atoms with Crippen LogP contribution in [0.4, 0.5) is 0 Å². The lowest BCUT2D eigenvalue weighted by Crippen LogP contribution is -2.13. The molecule has 120 valence electrons. The van der Waals surface area contributed by atoms with Crippen molar-refractivity contribution >= 4 is 21.5 Å². The van der Waals surface area contributed by atoms with Crippen LogP contribution in [0.1, 0.15) is 20.3 Å². The summed E-state index contributed by atoms with van der Waals surface area (Å²) in [6.45, 7) is 5.21. The number of rotatable bonds is 6. The second-order valence-electron chi connectivity index (χ2n) is 5.71. The standard InChI is InChI=1S/C20H22O3/c1-3-14(2)22-12-13-23-20-17-10-6-4-8-15(17)19(21)16-9-5-7-11-18(16)20/h4-11,14,21H,3,12-13H2,1-2H3. The Balaban J connectivity index is 1.98. The summed E-state index contributed by atoms with van der Waals surface area (Å²) < 4.78 is 11.7. The maximum absolute atomic E-state index is 10.5. The topological polar surface area (TPSA) is 38.7 Å². The van der Waals surface area contributed by atoms with E-state index in [0.29, 0.717) is 19.0 Å². The Hall–Kier alpha value is -2.26. The lowest BCUT2D eigenvalue weighted by atomic mass is 10.0. The van der Waals surface area contributed by atoms with E-state index in [9.17, 15) is 5.11 Å². The summed E-state index contributed by atoms with van der Waals surface area (Å²) >= 11 is 0. The third-order valence-corrected chi connectivity index (χ3v) is 4.16. The predicted octanol–water partition coefficient (Wildman–Crippen LogP) is 4.89. The van der Waals surface area contributed by atoms with Gasteiger partial charge in [-0.2, -0.15) is 0 Å². The highest BCUT2D eigenvalue weighted by atomic mass is 16.5. The quantitative estimate of drug-likeness (QED) is 0.520. The lowest BCUT2D eigenvalue weighted by Gasteiger charge is -2.16. The van der Waals surface area contributed by atoms with Crippen LogP contribution in [0.5, 0.6) is 11.5 Å². The minimum Gasteiger partial charge on any atom is -0.507 e. The number of fused-ring (bicyclic) bond motifs is 2. The Morgan fingerprint density at radius 3 is 1.91 bits per heavy atom. The highest BCUT2D eigenvalue weighted by Crippen LogP contribution is 2.41. The fraction of sp³-hybridized carbons (Fsp3) is 0.300. The Labute approximate surface area is 136 Å². The van der Waals surface area contributed by atoms with Crippen LogP contribution in [-0.2, 0) is 4.74 Å². The van der Waals surface area contributed by atoms with Gasteiger partial charge in [-0.15, -0.1) is 0 Å². The molecule has 0 amide bonds. The number of aromatic hydroxyl groups is 1. The first-order chi connectivity index (χ1) is 11.2. The number of hydrogen-bond donors (Lipinski definition) is 1. The van der Waals surface area contributed by atoms with Crippen molar-refractivity contribution in [2.75, 3.05) is 13.2 Å². The van der Waals surface area contributed by atoms with Crippen LogP contribution < -0.4 is 4.74 Å². The third kappa shape index (κ3) is 3.10. The highest BCUT2D eigenvalue weighted by molar-refractivity contribution is 6.10. The molecule has 0 spiro atoms. The van der Waals surface area contributed by atoms with E-state index in [-0.39, 0.29) is 6.10 Å². The Morgan fingerprint density at radius 2 is 1.39 bits per heavy atom. The van der Waals surface area contributed by atoms with Crippen LogP contribution in [0.2, 0.25) is 0 Å². The number of phenols is 1. The molecule has 0 heterocycles. The summed E-state index contributed by atoms with van der Waals surface area (Å²) in [4.78, 5) is 0. The largest absolute Gasteiger partial charge is 0.507 e. The third-order valence-electron chi connectivity index (χ3n) is 4.16. The van der Waals surface area contributed by atoms with E-state index in [1.54, 1.807) is 0 Å². The summed E-state index contributed by atoms with van der Waals surface area (Å²) in [5, 5.41) is 14.0. The van der Waals surface area contributed by atoms with Crippen molar-refractivity contribution in [3.63, 3.8) is 0 Å². The van der Waals surface area contributed by atoms with Gasteiger partial charge in [0.05, 0.1) is 12.7 Å². The van der Waals surface area contributed by atoms with Crippen LogP contribution >= 0.6 is 0 Å². The van der Waals surface area contributed by atoms with Crippen LogP contribution in [-0.4, -0.2) is 24.4 Å². The average Bonchev–Trinajstić information content (AvgIpc) is 2.61. The zero-order valence-electron chi connectivity index (χ0n) is 13.6. The molecule has 0 saturated carbocycles. The number of phenolic OH excluding ortho intramolecular Hbond substituents is 1. The number of ether oxygens (including phenoxy) is 2. The molecule has 23 heavy (non-hydrogen) atoms. The van der Waals surface area contributed by atoms with Crippen LogP contribution in [0.3, 0.4) is 0 Å². The van der Waals surface area contributed by atoms with Crippen molar-refractivity contribution in [2.45, 2.75) is 26.4 Å². The lowest BCUT2D eigenvalue weighted by molar-refractivity contribution is 0.0432. The molecule has 0 saturated heterocycles. The van der Waals surface area contributed by atoms with Gasteiger partial charge < -0.3 is 14.6 Å². The molecular formula is C20H22O3. The molecule has 3 rings (SSSR count). The summed E-state index contributed by atoms with van der Waals surface area (Å²) in [6, 6.07) is 15.6. The maximum Gasteiger partial charge on any atom is 0.135 e. The van der Waals surface area contributed by atoms with Crippen molar-refractivity contribution in [2.24, 2.45) is 0 Å². The van der Waals surface area contributed by atoms with Gasteiger partial charge in [0.1, 0.15) is 18.1 Å². The summed E-state index contributed by atoms with van der Waals surface area (Å²) in [7, 11) is 0. The van der Waals surface area contributed by atoms with Gasteiger partial charge in [0.25, 0.3) is 0 Å². The Morgan fingerprint density at radius 1 is 0.870 bits per heavy atom. The van der Waals surface area contributed by atoms with Gasteiger partial charge in [-0.3, -0.25) is 0 Å². The number of hydrogen-bond acceptors (Lipinski definition) is 3. The maximum atomic E-state index is 10.5. The molecule has 3 aromatic carbocycles. The first-order valence-electron chi connectivity index (χ1n) is 8.09. The van der Waals surface area contributed by atoms with Gasteiger partial charge in [0.2, 0.25) is 0 Å². The van der Waals surface area contributed by atoms with Gasteiger partial charge >= 0.3 is 0 Å². The smallest absolute Gasteiger partial charge is 0.135 e. The van der Waals surface area contributed by atoms with Crippen LogP contribution in [0.25, 0.3) is 21.5 Å². The molecule has 0 bridgehead atoms. The summed E-state index contributed by atoms with van der Waals surface area (Å²) in [5.74, 6) is 1.11. The molecule has 1 atom stereocenters. The molecule has 0 aliphatic heterocycles. The van der Waals surface area contributed by atoms with E-state index in [2.05, 4.69) is 13.8 Å². The Bertz CT molecular complexity index is 753. The Kier molecular flexibility index (Phi) is 4.68. The highest BCUT2D eigenvalue weighted by Gasteiger charge is 2.13. The summed E-state index contributed by atoms with van der Waals surface area (Å²) in [6.07, 6.45) is 1.23. The molecule has 3 nitrogen and oxygen atoms in total. The van der Waals surface area contributed by atoms with Gasteiger partial charge in [0.15, 0.2) is 0 Å². The van der Waals surface area contributed by atoms with Gasteiger partial charge in [-0.05, 0) is 13.3 Å². The van der Waals surface area contributed by atoms with E-state index in [1.165, 1.54) is 0 Å². The zero-order valence-corrected chi connectivity index (χ0v) is 13.6. The monoisotopic (exact) mass is 310 g/mol. The molecule has 0 aliphatic rings. The minimum atomic E-state index is 0.243. The molecular weight excluding hydrogens is 288 g/mol.